The normalized spacial score (nSPS) is 17.2. The van der Waals surface area contributed by atoms with Gasteiger partial charge in [-0.2, -0.15) is 0 Å². The Hall–Kier alpha value is -0.660. The number of esters is 1. The number of hydrogen-bond donors (Lipinski definition) is 0. The van der Waals surface area contributed by atoms with Gasteiger partial charge in [0.05, 0.1) is 19.3 Å². The minimum atomic E-state index is -3.33. The third-order valence-electron chi connectivity index (χ3n) is 3.33. The highest BCUT2D eigenvalue weighted by molar-refractivity contribution is 7.91. The second-order valence-corrected chi connectivity index (χ2v) is 7.26. The van der Waals surface area contributed by atoms with Gasteiger partial charge in [-0.3, -0.25) is 4.79 Å². The van der Waals surface area contributed by atoms with Crippen LogP contribution in [0.25, 0.3) is 0 Å². The maximum Gasteiger partial charge on any atom is 0.306 e. The molecule has 7 heteroatoms. The summed E-state index contributed by atoms with van der Waals surface area (Å²) in [6.45, 7) is 4.37. The Morgan fingerprint density at radius 1 is 1.20 bits per heavy atom. The third-order valence-corrected chi connectivity index (χ3v) is 5.16. The lowest BCUT2D eigenvalue weighted by Crippen LogP contribution is -2.31. The van der Waals surface area contributed by atoms with Crippen molar-refractivity contribution in [1.29, 1.82) is 0 Å². The number of methoxy groups -OCH3 is 1. The van der Waals surface area contributed by atoms with Gasteiger partial charge in [0.2, 0.25) is 0 Å². The first kappa shape index (κ1) is 17.4. The van der Waals surface area contributed by atoms with E-state index in [-0.39, 0.29) is 23.9 Å². The Labute approximate surface area is 120 Å². The molecular formula is C13H24O6S. The lowest BCUT2D eigenvalue weighted by atomic mass is 10.1. The number of ether oxygens (including phenoxy) is 3. The van der Waals surface area contributed by atoms with Crippen LogP contribution in [0.5, 0.6) is 0 Å². The zero-order valence-corrected chi connectivity index (χ0v) is 13.2. The van der Waals surface area contributed by atoms with E-state index in [0.717, 1.165) is 12.8 Å². The van der Waals surface area contributed by atoms with Crippen LogP contribution in [0, 0.1) is 5.41 Å². The molecule has 0 aliphatic heterocycles. The van der Waals surface area contributed by atoms with Crippen LogP contribution in [-0.2, 0) is 28.8 Å². The van der Waals surface area contributed by atoms with Gasteiger partial charge in [-0.15, -0.1) is 0 Å². The predicted octanol–water partition coefficient (Wildman–Crippen LogP) is 1.14. The molecule has 0 atom stereocenters. The highest BCUT2D eigenvalue weighted by Gasteiger charge is 2.48. The Bertz CT molecular complexity index is 407. The molecule has 0 spiro atoms. The molecule has 1 saturated carbocycles. The Balaban J connectivity index is 2.58. The average Bonchev–Trinajstić information content (AvgIpc) is 3.07. The maximum absolute atomic E-state index is 12.2. The van der Waals surface area contributed by atoms with Crippen LogP contribution in [0.1, 0.15) is 33.1 Å². The van der Waals surface area contributed by atoms with E-state index in [1.807, 2.05) is 0 Å². The van der Waals surface area contributed by atoms with E-state index in [0.29, 0.717) is 13.2 Å². The first-order chi connectivity index (χ1) is 9.36. The Morgan fingerprint density at radius 3 is 2.15 bits per heavy atom. The maximum atomic E-state index is 12.2. The van der Waals surface area contributed by atoms with Crippen molar-refractivity contribution >= 4 is 15.8 Å². The Morgan fingerprint density at radius 2 is 1.75 bits per heavy atom. The summed E-state index contributed by atoms with van der Waals surface area (Å²) in [5.41, 5.74) is -0.436. The first-order valence-electron chi connectivity index (χ1n) is 6.87. The molecule has 0 bridgehead atoms. The molecule has 1 aliphatic carbocycles. The van der Waals surface area contributed by atoms with Crippen molar-refractivity contribution in [2.75, 3.05) is 31.8 Å². The van der Waals surface area contributed by atoms with Gasteiger partial charge in [-0.25, -0.2) is 8.42 Å². The number of carbonyl (C=O) groups is 1. The molecule has 0 aromatic rings. The van der Waals surface area contributed by atoms with Crippen molar-refractivity contribution in [2.24, 2.45) is 5.41 Å². The van der Waals surface area contributed by atoms with Crippen molar-refractivity contribution in [3.8, 4) is 0 Å². The van der Waals surface area contributed by atoms with Crippen LogP contribution in [0.2, 0.25) is 0 Å². The number of hydrogen-bond acceptors (Lipinski definition) is 6. The van der Waals surface area contributed by atoms with E-state index in [4.69, 9.17) is 9.47 Å². The highest BCUT2D eigenvalue weighted by atomic mass is 32.2. The summed E-state index contributed by atoms with van der Waals surface area (Å²) in [5, 5.41) is 0. The van der Waals surface area contributed by atoms with Crippen molar-refractivity contribution < 1.29 is 27.4 Å². The molecule has 0 radical (unpaired) electrons. The molecule has 20 heavy (non-hydrogen) atoms. The van der Waals surface area contributed by atoms with Crippen molar-refractivity contribution in [3.05, 3.63) is 0 Å². The van der Waals surface area contributed by atoms with E-state index in [2.05, 4.69) is 4.74 Å². The molecule has 0 N–H and O–H groups in total. The fourth-order valence-electron chi connectivity index (χ4n) is 2.18. The average molecular weight is 308 g/mol. The van der Waals surface area contributed by atoms with E-state index in [1.165, 1.54) is 7.11 Å². The largest absolute Gasteiger partial charge is 0.469 e. The van der Waals surface area contributed by atoms with E-state index >= 15 is 0 Å². The van der Waals surface area contributed by atoms with E-state index in [9.17, 15) is 13.2 Å². The van der Waals surface area contributed by atoms with Gasteiger partial charge in [0, 0.05) is 13.2 Å². The number of carbonyl (C=O) groups excluding carboxylic acids is 1. The second-order valence-electron chi connectivity index (χ2n) is 5.15. The van der Waals surface area contributed by atoms with Gasteiger partial charge in [0.15, 0.2) is 16.1 Å². The van der Waals surface area contributed by atoms with Crippen LogP contribution in [0.15, 0.2) is 0 Å². The lowest BCUT2D eigenvalue weighted by molar-refractivity contribution is -0.141. The Kier molecular flexibility index (Phi) is 6.42. The molecule has 0 aromatic carbocycles. The van der Waals surface area contributed by atoms with Crippen molar-refractivity contribution in [1.82, 2.24) is 0 Å². The summed E-state index contributed by atoms with van der Waals surface area (Å²) in [4.78, 5) is 11.3. The van der Waals surface area contributed by atoms with Gasteiger partial charge in [0.1, 0.15) is 5.75 Å². The van der Waals surface area contributed by atoms with E-state index in [1.54, 1.807) is 13.8 Å². The molecular weight excluding hydrogens is 284 g/mol. The molecule has 0 amide bonds. The van der Waals surface area contributed by atoms with E-state index < -0.39 is 21.5 Å². The SMILES string of the molecule is CCOC(CS(=O)(=O)CC1(CC(=O)OC)CC1)OCC. The van der Waals surface area contributed by atoms with Gasteiger partial charge >= 0.3 is 5.97 Å². The minimum Gasteiger partial charge on any atom is -0.469 e. The quantitative estimate of drug-likeness (QED) is 0.445. The molecule has 0 unspecified atom stereocenters. The monoisotopic (exact) mass is 308 g/mol. The number of sulfone groups is 1. The summed E-state index contributed by atoms with van der Waals surface area (Å²) in [6, 6.07) is 0. The molecule has 0 saturated heterocycles. The summed E-state index contributed by atoms with van der Waals surface area (Å²) in [7, 11) is -2.02. The summed E-state index contributed by atoms with van der Waals surface area (Å²) in [6.07, 6.45) is 0.921. The number of rotatable bonds is 10. The fraction of sp³-hybridized carbons (Fsp3) is 0.923. The third kappa shape index (κ3) is 5.76. The van der Waals surface area contributed by atoms with Crippen LogP contribution in [-0.4, -0.2) is 52.5 Å². The molecule has 118 valence electrons. The van der Waals surface area contributed by atoms with Crippen molar-refractivity contribution in [2.45, 2.75) is 39.4 Å². The topological polar surface area (TPSA) is 78.9 Å². The molecule has 1 rings (SSSR count). The first-order valence-corrected chi connectivity index (χ1v) is 8.69. The minimum absolute atomic E-state index is 0.00819. The molecule has 1 aliphatic rings. The van der Waals surface area contributed by atoms with Crippen LogP contribution < -0.4 is 0 Å². The van der Waals surface area contributed by atoms with Gasteiger partial charge in [-0.05, 0) is 32.1 Å². The molecule has 6 nitrogen and oxygen atoms in total. The summed E-state index contributed by atoms with van der Waals surface area (Å²) >= 11 is 0. The lowest BCUT2D eigenvalue weighted by Gasteiger charge is -2.19. The van der Waals surface area contributed by atoms with Crippen LogP contribution >= 0.6 is 0 Å². The van der Waals surface area contributed by atoms with Crippen LogP contribution in [0.3, 0.4) is 0 Å². The zero-order valence-electron chi connectivity index (χ0n) is 12.4. The van der Waals surface area contributed by atoms with Crippen molar-refractivity contribution in [3.63, 3.8) is 0 Å². The second kappa shape index (κ2) is 7.38. The van der Waals surface area contributed by atoms with Gasteiger partial charge in [-0.1, -0.05) is 0 Å². The molecule has 0 heterocycles. The molecule has 0 aromatic heterocycles. The summed E-state index contributed by atoms with van der Waals surface area (Å²) in [5.74, 6) is -0.535. The fourth-order valence-corrected chi connectivity index (χ4v) is 4.22. The highest BCUT2D eigenvalue weighted by Crippen LogP contribution is 2.50. The zero-order chi connectivity index (χ0) is 15.2. The van der Waals surface area contributed by atoms with Crippen LogP contribution in [0.4, 0.5) is 0 Å². The van der Waals surface area contributed by atoms with Gasteiger partial charge < -0.3 is 14.2 Å². The standard InChI is InChI=1S/C13H24O6S/c1-4-18-12(19-5-2)9-20(15,16)10-13(6-7-13)8-11(14)17-3/h12H,4-10H2,1-3H3. The summed E-state index contributed by atoms with van der Waals surface area (Å²) < 4.78 is 39.5. The molecule has 1 fully saturated rings. The van der Waals surface area contributed by atoms with Gasteiger partial charge in [0.25, 0.3) is 0 Å². The predicted molar refractivity (Wildman–Crippen MR) is 74.0 cm³/mol. The smallest absolute Gasteiger partial charge is 0.306 e.